The van der Waals surface area contributed by atoms with E-state index in [4.69, 9.17) is 10.5 Å². The van der Waals surface area contributed by atoms with Gasteiger partial charge in [-0.05, 0) is 49.4 Å². The molecule has 0 bridgehead atoms. The van der Waals surface area contributed by atoms with E-state index in [0.29, 0.717) is 23.6 Å². The maximum atomic E-state index is 12.9. The maximum Gasteiger partial charge on any atom is 0.182 e. The standard InChI is InChI=1S/C15H16FNO3S/c1-2-20-15-8-5-13(17)9-11(15)10-21(18,19)14-6-3-12(16)4-7-14/h3-9H,2,10,17H2,1H3. The lowest BCUT2D eigenvalue weighted by Crippen LogP contribution is -2.07. The summed E-state index contributed by atoms with van der Waals surface area (Å²) in [5.41, 5.74) is 6.65. The second-order valence-corrected chi connectivity index (χ2v) is 6.50. The molecule has 0 atom stereocenters. The first kappa shape index (κ1) is 15.3. The summed E-state index contributed by atoms with van der Waals surface area (Å²) in [6.07, 6.45) is 0. The van der Waals surface area contributed by atoms with Crippen molar-refractivity contribution in [2.45, 2.75) is 17.6 Å². The quantitative estimate of drug-likeness (QED) is 0.681. The number of nitrogen functional groups attached to an aromatic ring is 1. The molecule has 0 unspecified atom stereocenters. The minimum absolute atomic E-state index is 0.0637. The number of ether oxygens (including phenoxy) is 1. The number of sulfone groups is 1. The number of benzene rings is 2. The Morgan fingerprint density at radius 2 is 1.81 bits per heavy atom. The predicted molar refractivity (Wildman–Crippen MR) is 79.3 cm³/mol. The van der Waals surface area contributed by atoms with Gasteiger partial charge in [0, 0.05) is 11.3 Å². The van der Waals surface area contributed by atoms with Crippen molar-refractivity contribution in [3.63, 3.8) is 0 Å². The molecule has 0 fully saturated rings. The van der Waals surface area contributed by atoms with Gasteiger partial charge in [-0.25, -0.2) is 12.8 Å². The lowest BCUT2D eigenvalue weighted by atomic mass is 10.2. The summed E-state index contributed by atoms with van der Waals surface area (Å²) in [6.45, 7) is 2.24. The van der Waals surface area contributed by atoms with Gasteiger partial charge in [0.15, 0.2) is 9.84 Å². The molecule has 0 saturated heterocycles. The lowest BCUT2D eigenvalue weighted by Gasteiger charge is -2.11. The van der Waals surface area contributed by atoms with Crippen LogP contribution in [0.5, 0.6) is 5.75 Å². The molecule has 0 amide bonds. The van der Waals surface area contributed by atoms with E-state index in [1.54, 1.807) is 18.2 Å². The van der Waals surface area contributed by atoms with Gasteiger partial charge in [0.2, 0.25) is 0 Å². The third kappa shape index (κ3) is 3.72. The van der Waals surface area contributed by atoms with Crippen molar-refractivity contribution in [3.8, 4) is 5.75 Å². The summed E-state index contributed by atoms with van der Waals surface area (Å²) in [4.78, 5) is 0.0637. The molecule has 0 radical (unpaired) electrons. The summed E-state index contributed by atoms with van der Waals surface area (Å²) < 4.78 is 43.0. The Hall–Kier alpha value is -2.08. The SMILES string of the molecule is CCOc1ccc(N)cc1CS(=O)(=O)c1ccc(F)cc1. The van der Waals surface area contributed by atoms with Crippen molar-refractivity contribution in [2.75, 3.05) is 12.3 Å². The number of anilines is 1. The second kappa shape index (κ2) is 6.13. The molecule has 112 valence electrons. The Balaban J connectivity index is 2.36. The minimum Gasteiger partial charge on any atom is -0.494 e. The fourth-order valence-corrected chi connectivity index (χ4v) is 3.29. The van der Waals surface area contributed by atoms with Crippen LogP contribution in [0.2, 0.25) is 0 Å². The fourth-order valence-electron chi connectivity index (χ4n) is 1.94. The Morgan fingerprint density at radius 3 is 2.43 bits per heavy atom. The van der Waals surface area contributed by atoms with Crippen LogP contribution in [0.15, 0.2) is 47.4 Å². The van der Waals surface area contributed by atoms with Gasteiger partial charge in [-0.1, -0.05) is 0 Å². The average Bonchev–Trinajstić information content (AvgIpc) is 2.42. The molecule has 0 heterocycles. The van der Waals surface area contributed by atoms with Gasteiger partial charge in [0.05, 0.1) is 17.3 Å². The monoisotopic (exact) mass is 309 g/mol. The third-order valence-corrected chi connectivity index (χ3v) is 4.58. The highest BCUT2D eigenvalue weighted by molar-refractivity contribution is 7.90. The smallest absolute Gasteiger partial charge is 0.182 e. The molecule has 21 heavy (non-hydrogen) atoms. The largest absolute Gasteiger partial charge is 0.494 e. The van der Waals surface area contributed by atoms with Crippen molar-refractivity contribution >= 4 is 15.5 Å². The molecule has 0 saturated carbocycles. The van der Waals surface area contributed by atoms with Crippen LogP contribution in [0.3, 0.4) is 0 Å². The second-order valence-electron chi connectivity index (χ2n) is 4.51. The average molecular weight is 309 g/mol. The number of halogens is 1. The number of rotatable bonds is 5. The molecule has 6 heteroatoms. The van der Waals surface area contributed by atoms with Crippen LogP contribution in [0, 0.1) is 5.82 Å². The summed E-state index contributed by atoms with van der Waals surface area (Å²) in [5.74, 6) is -0.246. The summed E-state index contributed by atoms with van der Waals surface area (Å²) in [6, 6.07) is 9.61. The van der Waals surface area contributed by atoms with Crippen molar-refractivity contribution in [1.29, 1.82) is 0 Å². The molecule has 0 aliphatic carbocycles. The van der Waals surface area contributed by atoms with E-state index in [2.05, 4.69) is 0 Å². The molecule has 2 N–H and O–H groups in total. The third-order valence-electron chi connectivity index (χ3n) is 2.90. The van der Waals surface area contributed by atoms with Gasteiger partial charge in [-0.2, -0.15) is 0 Å². The van der Waals surface area contributed by atoms with Crippen LogP contribution >= 0.6 is 0 Å². The van der Waals surface area contributed by atoms with E-state index < -0.39 is 15.7 Å². The first-order valence-electron chi connectivity index (χ1n) is 6.42. The van der Waals surface area contributed by atoms with Gasteiger partial charge in [0.1, 0.15) is 11.6 Å². The number of hydrogen-bond donors (Lipinski definition) is 1. The zero-order chi connectivity index (χ0) is 15.5. The molecule has 0 aromatic heterocycles. The van der Waals surface area contributed by atoms with E-state index in [-0.39, 0.29) is 10.6 Å². The highest BCUT2D eigenvalue weighted by Gasteiger charge is 2.18. The molecule has 2 aromatic carbocycles. The van der Waals surface area contributed by atoms with Gasteiger partial charge < -0.3 is 10.5 Å². The summed E-state index contributed by atoms with van der Waals surface area (Å²) >= 11 is 0. The fraction of sp³-hybridized carbons (Fsp3) is 0.200. The van der Waals surface area contributed by atoms with Crippen LogP contribution in [-0.2, 0) is 15.6 Å². The first-order chi connectivity index (χ1) is 9.92. The highest BCUT2D eigenvalue weighted by Crippen LogP contribution is 2.26. The van der Waals surface area contributed by atoms with Crippen molar-refractivity contribution in [2.24, 2.45) is 0 Å². The van der Waals surface area contributed by atoms with E-state index in [0.717, 1.165) is 12.1 Å². The normalized spacial score (nSPS) is 11.3. The van der Waals surface area contributed by atoms with Crippen molar-refractivity contribution in [1.82, 2.24) is 0 Å². The number of hydrogen-bond acceptors (Lipinski definition) is 4. The van der Waals surface area contributed by atoms with Crippen molar-refractivity contribution in [3.05, 3.63) is 53.8 Å². The topological polar surface area (TPSA) is 69.4 Å². The maximum absolute atomic E-state index is 12.9. The molecular weight excluding hydrogens is 293 g/mol. The van der Waals surface area contributed by atoms with Gasteiger partial charge >= 0.3 is 0 Å². The Kier molecular flexibility index (Phi) is 4.47. The minimum atomic E-state index is -3.59. The molecule has 2 rings (SSSR count). The Labute approximate surface area is 123 Å². The predicted octanol–water partition coefficient (Wildman–Crippen LogP) is 2.78. The van der Waals surface area contributed by atoms with Gasteiger partial charge in [-0.3, -0.25) is 0 Å². The van der Waals surface area contributed by atoms with Crippen molar-refractivity contribution < 1.29 is 17.5 Å². The van der Waals surface area contributed by atoms with E-state index in [1.807, 2.05) is 6.92 Å². The molecule has 2 aromatic rings. The van der Waals surface area contributed by atoms with Gasteiger partial charge in [0.25, 0.3) is 0 Å². The van der Waals surface area contributed by atoms with Crippen LogP contribution in [0.25, 0.3) is 0 Å². The zero-order valence-electron chi connectivity index (χ0n) is 11.5. The molecule has 0 spiro atoms. The molecule has 4 nitrogen and oxygen atoms in total. The van der Waals surface area contributed by atoms with Gasteiger partial charge in [-0.15, -0.1) is 0 Å². The molecule has 0 aliphatic heterocycles. The number of nitrogens with two attached hydrogens (primary N) is 1. The van der Waals surface area contributed by atoms with E-state index in [1.165, 1.54) is 12.1 Å². The van der Waals surface area contributed by atoms with Crippen LogP contribution < -0.4 is 10.5 Å². The molecular formula is C15H16FNO3S. The van der Waals surface area contributed by atoms with Crippen LogP contribution in [0.4, 0.5) is 10.1 Å². The zero-order valence-corrected chi connectivity index (χ0v) is 12.4. The van der Waals surface area contributed by atoms with Crippen LogP contribution in [0.1, 0.15) is 12.5 Å². The Bertz CT molecular complexity index is 727. The Morgan fingerprint density at radius 1 is 1.14 bits per heavy atom. The summed E-state index contributed by atoms with van der Waals surface area (Å²) in [7, 11) is -3.59. The highest BCUT2D eigenvalue weighted by atomic mass is 32.2. The summed E-state index contributed by atoms with van der Waals surface area (Å²) in [5, 5.41) is 0. The van der Waals surface area contributed by atoms with Crippen LogP contribution in [-0.4, -0.2) is 15.0 Å². The van der Waals surface area contributed by atoms with E-state index >= 15 is 0 Å². The van der Waals surface area contributed by atoms with E-state index in [9.17, 15) is 12.8 Å². The first-order valence-corrected chi connectivity index (χ1v) is 8.07. The lowest BCUT2D eigenvalue weighted by molar-refractivity contribution is 0.337. The molecule has 0 aliphatic rings.